The monoisotopic (exact) mass is 544 g/mol. The number of anilines is 1. The standard InChI is InChI=1S/C27H25FN8O4/c1-3-13-9-22(37)17(28)10-16(13)14-4-5-15-19(8-14)33-34-23(15)24-30-18-6-7-36(12-21(18)31-24)27(40)32-20-11-29-26(39)35(2)25(20)38/h4-5,8-11,37H,3,6-7,12H2,1-2H3,(H,29,39)(H,30,31)(H,32,40)(H,33,34). The van der Waals surface area contributed by atoms with E-state index < -0.39 is 23.1 Å². The van der Waals surface area contributed by atoms with E-state index in [0.717, 1.165) is 32.3 Å². The van der Waals surface area contributed by atoms with Crippen LogP contribution in [0.4, 0.5) is 14.9 Å². The fourth-order valence-corrected chi connectivity index (χ4v) is 4.96. The van der Waals surface area contributed by atoms with Gasteiger partial charge >= 0.3 is 11.7 Å². The fraction of sp³-hybridized carbons (Fsp3) is 0.222. The highest BCUT2D eigenvalue weighted by molar-refractivity contribution is 5.94. The third-order valence-corrected chi connectivity index (χ3v) is 7.20. The number of nitrogens with zero attached hydrogens (tertiary/aromatic N) is 4. The van der Waals surface area contributed by atoms with Crippen LogP contribution in [0.1, 0.15) is 23.9 Å². The van der Waals surface area contributed by atoms with Crippen molar-refractivity contribution in [3.05, 3.63) is 80.1 Å². The molecule has 0 spiro atoms. The van der Waals surface area contributed by atoms with Gasteiger partial charge in [-0.05, 0) is 47.4 Å². The summed E-state index contributed by atoms with van der Waals surface area (Å²) in [4.78, 5) is 48.7. The van der Waals surface area contributed by atoms with Gasteiger partial charge in [0.15, 0.2) is 17.4 Å². The van der Waals surface area contributed by atoms with Crippen LogP contribution in [0.15, 0.2) is 46.1 Å². The van der Waals surface area contributed by atoms with Gasteiger partial charge in [0.1, 0.15) is 11.4 Å². The number of nitrogens with one attached hydrogen (secondary N) is 4. The van der Waals surface area contributed by atoms with Gasteiger partial charge in [0, 0.05) is 37.3 Å². The minimum Gasteiger partial charge on any atom is -0.505 e. The maximum atomic E-state index is 14.1. The molecule has 0 fully saturated rings. The number of aryl methyl sites for hydroxylation is 1. The molecule has 2 amide bonds. The van der Waals surface area contributed by atoms with E-state index in [1.54, 1.807) is 0 Å². The van der Waals surface area contributed by atoms with Gasteiger partial charge < -0.3 is 25.3 Å². The third-order valence-electron chi connectivity index (χ3n) is 7.20. The molecule has 0 radical (unpaired) electrons. The Kier molecular flexibility index (Phi) is 5.97. The first-order valence-electron chi connectivity index (χ1n) is 12.7. The fourth-order valence-electron chi connectivity index (χ4n) is 4.96. The zero-order valence-corrected chi connectivity index (χ0v) is 21.6. The highest BCUT2D eigenvalue weighted by Crippen LogP contribution is 2.34. The Hall–Kier alpha value is -5.20. The summed E-state index contributed by atoms with van der Waals surface area (Å²) < 4.78 is 15.0. The van der Waals surface area contributed by atoms with Gasteiger partial charge in [-0.25, -0.2) is 19.0 Å². The molecule has 204 valence electrons. The van der Waals surface area contributed by atoms with Crippen molar-refractivity contribution in [2.75, 3.05) is 11.9 Å². The lowest BCUT2D eigenvalue weighted by molar-refractivity contribution is 0.205. The second kappa shape index (κ2) is 9.52. The SMILES string of the molecule is CCc1cc(O)c(F)cc1-c1ccc2c(-c3nc4c([nH]3)CCN(C(=O)Nc3c[nH]c(=O)n(C)c3=O)C4)n[nH]c2c1. The number of aromatic hydroxyl groups is 1. The molecule has 0 saturated carbocycles. The van der Waals surface area contributed by atoms with Gasteiger partial charge in [0.05, 0.1) is 17.8 Å². The summed E-state index contributed by atoms with van der Waals surface area (Å²) >= 11 is 0. The number of rotatable bonds is 4. The Labute approximate surface area is 225 Å². The molecular weight excluding hydrogens is 519 g/mol. The number of carbonyl (C=O) groups excluding carboxylic acids is 1. The molecule has 4 heterocycles. The van der Waals surface area contributed by atoms with Gasteiger partial charge in [-0.1, -0.05) is 13.0 Å². The molecule has 2 aromatic carbocycles. The lowest BCUT2D eigenvalue weighted by atomic mass is 9.96. The van der Waals surface area contributed by atoms with Crippen LogP contribution >= 0.6 is 0 Å². The number of benzene rings is 2. The number of amides is 2. The third kappa shape index (κ3) is 4.21. The Bertz CT molecular complexity index is 1920. The number of aromatic nitrogens is 6. The molecule has 6 rings (SSSR count). The number of urea groups is 1. The number of phenolic OH excluding ortho intramolecular Hbond substituents is 1. The summed E-state index contributed by atoms with van der Waals surface area (Å²) in [7, 11) is 1.32. The predicted octanol–water partition coefficient (Wildman–Crippen LogP) is 3.00. The molecular formula is C27H25FN8O4. The van der Waals surface area contributed by atoms with Crippen LogP contribution < -0.4 is 16.6 Å². The molecule has 40 heavy (non-hydrogen) atoms. The summed E-state index contributed by atoms with van der Waals surface area (Å²) in [6, 6.07) is 7.96. The molecule has 0 bridgehead atoms. The largest absolute Gasteiger partial charge is 0.505 e. The molecule has 1 aliphatic rings. The number of fused-ring (bicyclic) bond motifs is 2. The molecule has 5 N–H and O–H groups in total. The number of H-pyrrole nitrogens is 3. The topological polar surface area (TPSA) is 165 Å². The van der Waals surface area contributed by atoms with Crippen LogP contribution in [-0.2, 0) is 26.4 Å². The van der Waals surface area contributed by atoms with Gasteiger partial charge in [-0.3, -0.25) is 14.5 Å². The van der Waals surface area contributed by atoms with Crippen LogP contribution in [0.3, 0.4) is 0 Å². The van der Waals surface area contributed by atoms with Crippen molar-refractivity contribution >= 4 is 22.6 Å². The molecule has 5 aromatic rings. The average molecular weight is 545 g/mol. The summed E-state index contributed by atoms with van der Waals surface area (Å²) in [5.41, 5.74) is 4.03. The summed E-state index contributed by atoms with van der Waals surface area (Å²) in [5.74, 6) is -0.502. The quantitative estimate of drug-likeness (QED) is 0.233. The lowest BCUT2D eigenvalue weighted by Gasteiger charge is -2.26. The maximum absolute atomic E-state index is 14.1. The van der Waals surface area contributed by atoms with E-state index in [1.807, 2.05) is 25.1 Å². The Morgan fingerprint density at radius 3 is 2.85 bits per heavy atom. The van der Waals surface area contributed by atoms with E-state index >= 15 is 0 Å². The number of carbonyl (C=O) groups is 1. The smallest absolute Gasteiger partial charge is 0.328 e. The van der Waals surface area contributed by atoms with E-state index in [1.165, 1.54) is 30.3 Å². The first-order chi connectivity index (χ1) is 19.2. The Balaban J connectivity index is 1.25. The van der Waals surface area contributed by atoms with E-state index in [4.69, 9.17) is 4.98 Å². The van der Waals surface area contributed by atoms with Crippen LogP contribution in [0, 0.1) is 5.82 Å². The number of hydrogen-bond donors (Lipinski definition) is 5. The minimum atomic E-state index is -0.678. The predicted molar refractivity (Wildman–Crippen MR) is 146 cm³/mol. The molecule has 0 atom stereocenters. The molecule has 3 aromatic heterocycles. The van der Waals surface area contributed by atoms with Crippen LogP contribution in [0.2, 0.25) is 0 Å². The molecule has 0 aliphatic carbocycles. The van der Waals surface area contributed by atoms with Crippen LogP contribution in [0.25, 0.3) is 33.5 Å². The molecule has 1 aliphatic heterocycles. The van der Waals surface area contributed by atoms with Gasteiger partial charge in [0.2, 0.25) is 0 Å². The number of imidazole rings is 1. The normalized spacial score (nSPS) is 13.0. The number of hydrogen-bond acceptors (Lipinski definition) is 6. The molecule has 13 heteroatoms. The van der Waals surface area contributed by atoms with Crippen molar-refractivity contribution in [1.82, 2.24) is 34.6 Å². The van der Waals surface area contributed by atoms with E-state index in [0.29, 0.717) is 42.2 Å². The number of phenols is 1. The van der Waals surface area contributed by atoms with Crippen molar-refractivity contribution in [1.29, 1.82) is 0 Å². The molecule has 12 nitrogen and oxygen atoms in total. The van der Waals surface area contributed by atoms with E-state index in [2.05, 4.69) is 25.5 Å². The average Bonchev–Trinajstić information content (AvgIpc) is 3.57. The van der Waals surface area contributed by atoms with Gasteiger partial charge in [-0.15, -0.1) is 0 Å². The van der Waals surface area contributed by atoms with Crippen LogP contribution in [-0.4, -0.2) is 52.3 Å². The second-order valence-corrected chi connectivity index (χ2v) is 9.63. The summed E-state index contributed by atoms with van der Waals surface area (Å²) in [6.45, 7) is 2.56. The summed E-state index contributed by atoms with van der Waals surface area (Å²) in [5, 5.41) is 20.6. The zero-order chi connectivity index (χ0) is 28.1. The van der Waals surface area contributed by atoms with Gasteiger partial charge in [-0.2, -0.15) is 5.10 Å². The lowest BCUT2D eigenvalue weighted by Crippen LogP contribution is -2.41. The second-order valence-electron chi connectivity index (χ2n) is 9.63. The van der Waals surface area contributed by atoms with Crippen molar-refractivity contribution in [3.63, 3.8) is 0 Å². The number of aromatic amines is 3. The highest BCUT2D eigenvalue weighted by atomic mass is 19.1. The van der Waals surface area contributed by atoms with Crippen molar-refractivity contribution in [2.24, 2.45) is 7.05 Å². The minimum absolute atomic E-state index is 0.0240. The maximum Gasteiger partial charge on any atom is 0.328 e. The Morgan fingerprint density at radius 1 is 1.23 bits per heavy atom. The summed E-state index contributed by atoms with van der Waals surface area (Å²) in [6.07, 6.45) is 2.34. The van der Waals surface area contributed by atoms with Gasteiger partial charge in [0.25, 0.3) is 5.56 Å². The molecule has 0 unspecified atom stereocenters. The zero-order valence-electron chi connectivity index (χ0n) is 21.6. The first-order valence-corrected chi connectivity index (χ1v) is 12.7. The van der Waals surface area contributed by atoms with Crippen molar-refractivity contribution < 1.29 is 14.3 Å². The van der Waals surface area contributed by atoms with Crippen molar-refractivity contribution in [3.8, 4) is 28.4 Å². The number of halogens is 1. The molecule has 0 saturated heterocycles. The Morgan fingerprint density at radius 2 is 2.05 bits per heavy atom. The van der Waals surface area contributed by atoms with E-state index in [-0.39, 0.29) is 18.0 Å². The van der Waals surface area contributed by atoms with Crippen molar-refractivity contribution in [2.45, 2.75) is 26.3 Å². The highest BCUT2D eigenvalue weighted by Gasteiger charge is 2.26. The van der Waals surface area contributed by atoms with Crippen LogP contribution in [0.5, 0.6) is 5.75 Å². The first kappa shape index (κ1) is 25.1. The van der Waals surface area contributed by atoms with E-state index in [9.17, 15) is 23.9 Å².